The molecular formula is C13H19ClN2. The molecule has 0 heterocycles. The average molecular weight is 239 g/mol. The largest absolute Gasteiger partial charge is 0.329 e. The number of rotatable bonds is 5. The Bertz CT molecular complexity index is 319. The number of benzene rings is 1. The van der Waals surface area contributed by atoms with Crippen LogP contribution in [0.1, 0.15) is 24.8 Å². The molecule has 1 aromatic carbocycles. The summed E-state index contributed by atoms with van der Waals surface area (Å²) < 4.78 is 0. The van der Waals surface area contributed by atoms with Gasteiger partial charge in [0.05, 0.1) is 0 Å². The van der Waals surface area contributed by atoms with Crippen LogP contribution in [-0.4, -0.2) is 24.0 Å². The van der Waals surface area contributed by atoms with Crippen LogP contribution in [0.15, 0.2) is 24.3 Å². The van der Waals surface area contributed by atoms with E-state index in [1.165, 1.54) is 24.8 Å². The Morgan fingerprint density at radius 1 is 1.25 bits per heavy atom. The second-order valence-corrected chi connectivity index (χ2v) is 4.91. The minimum absolute atomic E-state index is 0.740. The van der Waals surface area contributed by atoms with Crippen molar-refractivity contribution in [2.75, 3.05) is 13.1 Å². The molecule has 0 spiro atoms. The first-order valence-electron chi connectivity index (χ1n) is 5.98. The maximum absolute atomic E-state index is 5.88. The lowest BCUT2D eigenvalue weighted by molar-refractivity contribution is 0.123. The summed E-state index contributed by atoms with van der Waals surface area (Å²) in [6.07, 6.45) is 4.02. The second-order valence-electron chi connectivity index (χ2n) is 4.47. The summed E-state index contributed by atoms with van der Waals surface area (Å²) in [5, 5.41) is 0.803. The van der Waals surface area contributed by atoms with Gasteiger partial charge in [0, 0.05) is 30.7 Å². The molecular weight excluding hydrogens is 220 g/mol. The zero-order valence-corrected chi connectivity index (χ0v) is 10.3. The number of hydrogen-bond donors (Lipinski definition) is 1. The summed E-state index contributed by atoms with van der Waals surface area (Å²) in [6.45, 7) is 2.73. The zero-order chi connectivity index (χ0) is 11.4. The van der Waals surface area contributed by atoms with Crippen molar-refractivity contribution < 1.29 is 0 Å². The van der Waals surface area contributed by atoms with Gasteiger partial charge in [-0.3, -0.25) is 4.90 Å². The molecule has 0 atom stereocenters. The minimum Gasteiger partial charge on any atom is -0.329 e. The van der Waals surface area contributed by atoms with Crippen molar-refractivity contribution in [1.29, 1.82) is 0 Å². The summed E-state index contributed by atoms with van der Waals surface area (Å²) in [7, 11) is 0. The van der Waals surface area contributed by atoms with E-state index in [0.717, 1.165) is 30.7 Å². The fraction of sp³-hybridized carbons (Fsp3) is 0.538. The van der Waals surface area contributed by atoms with Crippen LogP contribution < -0.4 is 5.73 Å². The lowest BCUT2D eigenvalue weighted by Gasteiger charge is -2.37. The molecule has 0 amide bonds. The van der Waals surface area contributed by atoms with E-state index in [0.29, 0.717) is 0 Å². The Kier molecular flexibility index (Phi) is 4.22. The van der Waals surface area contributed by atoms with Gasteiger partial charge < -0.3 is 5.73 Å². The van der Waals surface area contributed by atoms with Crippen LogP contribution in [-0.2, 0) is 6.54 Å². The fourth-order valence-corrected chi connectivity index (χ4v) is 2.26. The van der Waals surface area contributed by atoms with Gasteiger partial charge in [0.1, 0.15) is 0 Å². The molecule has 2 N–H and O–H groups in total. The zero-order valence-electron chi connectivity index (χ0n) is 9.53. The molecule has 2 nitrogen and oxygen atoms in total. The van der Waals surface area contributed by atoms with Crippen LogP contribution in [0.2, 0.25) is 5.02 Å². The molecule has 1 aromatic rings. The predicted octanol–water partition coefficient (Wildman–Crippen LogP) is 2.65. The molecule has 1 saturated carbocycles. The van der Waals surface area contributed by atoms with Gasteiger partial charge in [-0.25, -0.2) is 0 Å². The van der Waals surface area contributed by atoms with E-state index in [-0.39, 0.29) is 0 Å². The Morgan fingerprint density at radius 2 is 1.94 bits per heavy atom. The van der Waals surface area contributed by atoms with Crippen molar-refractivity contribution in [3.8, 4) is 0 Å². The smallest absolute Gasteiger partial charge is 0.0406 e. The molecule has 16 heavy (non-hydrogen) atoms. The fourth-order valence-electron chi connectivity index (χ4n) is 2.13. The quantitative estimate of drug-likeness (QED) is 0.855. The van der Waals surface area contributed by atoms with Gasteiger partial charge in [-0.2, -0.15) is 0 Å². The first kappa shape index (κ1) is 11.9. The van der Waals surface area contributed by atoms with Crippen molar-refractivity contribution in [3.63, 3.8) is 0 Å². The van der Waals surface area contributed by atoms with E-state index < -0.39 is 0 Å². The Morgan fingerprint density at radius 3 is 2.44 bits per heavy atom. The number of halogens is 1. The molecule has 1 aliphatic carbocycles. The van der Waals surface area contributed by atoms with E-state index >= 15 is 0 Å². The first-order chi connectivity index (χ1) is 7.79. The van der Waals surface area contributed by atoms with Gasteiger partial charge in [0.25, 0.3) is 0 Å². The van der Waals surface area contributed by atoms with Crippen LogP contribution in [0.4, 0.5) is 0 Å². The summed E-state index contributed by atoms with van der Waals surface area (Å²) in [6, 6.07) is 8.87. The highest BCUT2D eigenvalue weighted by atomic mass is 35.5. The molecule has 1 fully saturated rings. The topological polar surface area (TPSA) is 29.3 Å². The summed E-state index contributed by atoms with van der Waals surface area (Å²) in [4.78, 5) is 2.49. The van der Waals surface area contributed by atoms with Crippen molar-refractivity contribution >= 4 is 11.6 Å². The van der Waals surface area contributed by atoms with Crippen molar-refractivity contribution in [2.24, 2.45) is 5.73 Å². The summed E-state index contributed by atoms with van der Waals surface area (Å²) in [5.74, 6) is 0. The van der Waals surface area contributed by atoms with Crippen LogP contribution in [0.5, 0.6) is 0 Å². The first-order valence-corrected chi connectivity index (χ1v) is 6.36. The molecule has 0 aliphatic heterocycles. The normalized spacial score (nSPS) is 16.4. The lowest BCUT2D eigenvalue weighted by Crippen LogP contribution is -2.42. The third-order valence-corrected chi connectivity index (χ3v) is 3.56. The standard InChI is InChI=1S/C13H19ClN2/c14-12-6-4-11(5-7-12)10-16(9-8-15)13-2-1-3-13/h4-7,13H,1-3,8-10,15H2. The van der Waals surface area contributed by atoms with E-state index in [2.05, 4.69) is 17.0 Å². The van der Waals surface area contributed by atoms with Gasteiger partial charge in [0.15, 0.2) is 0 Å². The molecule has 3 heteroatoms. The van der Waals surface area contributed by atoms with Gasteiger partial charge in [0.2, 0.25) is 0 Å². The van der Waals surface area contributed by atoms with Crippen molar-refractivity contribution in [1.82, 2.24) is 4.90 Å². The molecule has 88 valence electrons. The molecule has 2 rings (SSSR count). The van der Waals surface area contributed by atoms with Gasteiger partial charge in [-0.05, 0) is 30.5 Å². The molecule has 0 unspecified atom stereocenters. The van der Waals surface area contributed by atoms with Gasteiger partial charge >= 0.3 is 0 Å². The third-order valence-electron chi connectivity index (χ3n) is 3.31. The van der Waals surface area contributed by atoms with Crippen LogP contribution in [0.3, 0.4) is 0 Å². The SMILES string of the molecule is NCCN(Cc1ccc(Cl)cc1)C1CCC1. The van der Waals surface area contributed by atoms with Crippen LogP contribution >= 0.6 is 11.6 Å². The van der Waals surface area contributed by atoms with Gasteiger partial charge in [-0.1, -0.05) is 30.2 Å². The number of nitrogens with two attached hydrogens (primary N) is 1. The molecule has 0 bridgehead atoms. The highest BCUT2D eigenvalue weighted by molar-refractivity contribution is 6.30. The highest BCUT2D eigenvalue weighted by Crippen LogP contribution is 2.26. The van der Waals surface area contributed by atoms with E-state index in [4.69, 9.17) is 17.3 Å². The Hall–Kier alpha value is -0.570. The molecule has 1 aliphatic rings. The molecule has 0 radical (unpaired) electrons. The Labute approximate surface area is 102 Å². The van der Waals surface area contributed by atoms with Crippen LogP contribution in [0.25, 0.3) is 0 Å². The van der Waals surface area contributed by atoms with E-state index in [9.17, 15) is 0 Å². The maximum Gasteiger partial charge on any atom is 0.0406 e. The van der Waals surface area contributed by atoms with Crippen molar-refractivity contribution in [2.45, 2.75) is 31.8 Å². The maximum atomic E-state index is 5.88. The minimum atomic E-state index is 0.740. The summed E-state index contributed by atoms with van der Waals surface area (Å²) >= 11 is 5.88. The Balaban J connectivity index is 1.96. The average Bonchev–Trinajstić information content (AvgIpc) is 2.19. The van der Waals surface area contributed by atoms with Crippen molar-refractivity contribution in [3.05, 3.63) is 34.9 Å². The number of hydrogen-bond acceptors (Lipinski definition) is 2. The second kappa shape index (κ2) is 5.67. The predicted molar refractivity (Wildman–Crippen MR) is 68.6 cm³/mol. The number of nitrogens with zero attached hydrogens (tertiary/aromatic N) is 1. The third kappa shape index (κ3) is 2.97. The monoisotopic (exact) mass is 238 g/mol. The highest BCUT2D eigenvalue weighted by Gasteiger charge is 2.24. The van der Waals surface area contributed by atoms with Crippen LogP contribution in [0, 0.1) is 0 Å². The van der Waals surface area contributed by atoms with Gasteiger partial charge in [-0.15, -0.1) is 0 Å². The summed E-state index contributed by atoms with van der Waals surface area (Å²) in [5.41, 5.74) is 6.98. The lowest BCUT2D eigenvalue weighted by atomic mass is 9.91. The van der Waals surface area contributed by atoms with E-state index in [1.54, 1.807) is 0 Å². The molecule has 0 aromatic heterocycles. The molecule has 0 saturated heterocycles. The van der Waals surface area contributed by atoms with E-state index in [1.807, 2.05) is 12.1 Å².